The number of unbranched alkanes of at least 4 members (excludes halogenated alkanes) is 17. The van der Waals surface area contributed by atoms with Crippen LogP contribution in [0.15, 0.2) is 0 Å². The van der Waals surface area contributed by atoms with Gasteiger partial charge in [-0.3, -0.25) is 0 Å². The quantitative estimate of drug-likeness (QED) is 0.134. The normalized spacial score (nSPS) is 11.3. The maximum Gasteiger partial charge on any atom is 0.00369 e. The second kappa shape index (κ2) is 24.7. The summed E-state index contributed by atoms with van der Waals surface area (Å²) in [5, 5.41) is 0. The molecular weight excluding hydrogens is 340 g/mol. The zero-order valence-electron chi connectivity index (χ0n) is 17.7. The molecular formula is C23H48S2. The van der Waals surface area contributed by atoms with Crippen molar-refractivity contribution in [2.45, 2.75) is 136 Å². The van der Waals surface area contributed by atoms with Crippen molar-refractivity contribution in [1.82, 2.24) is 0 Å². The first-order valence-corrected chi connectivity index (χ1v) is 14.1. The van der Waals surface area contributed by atoms with Crippen LogP contribution in [0.3, 0.4) is 0 Å². The molecule has 0 saturated heterocycles. The van der Waals surface area contributed by atoms with Gasteiger partial charge in [0.2, 0.25) is 0 Å². The monoisotopic (exact) mass is 388 g/mol. The van der Waals surface area contributed by atoms with Crippen LogP contribution in [0, 0.1) is 0 Å². The molecule has 25 heavy (non-hydrogen) atoms. The Labute approximate surface area is 168 Å². The molecule has 0 unspecified atom stereocenters. The van der Waals surface area contributed by atoms with Crippen molar-refractivity contribution in [3.8, 4) is 0 Å². The van der Waals surface area contributed by atoms with Gasteiger partial charge in [-0.2, -0.15) is 0 Å². The van der Waals surface area contributed by atoms with Gasteiger partial charge in [0.1, 0.15) is 0 Å². The summed E-state index contributed by atoms with van der Waals surface area (Å²) in [5.41, 5.74) is 0. The van der Waals surface area contributed by atoms with E-state index in [2.05, 4.69) is 35.4 Å². The van der Waals surface area contributed by atoms with E-state index in [9.17, 15) is 0 Å². The van der Waals surface area contributed by atoms with Crippen LogP contribution in [0.4, 0.5) is 0 Å². The lowest BCUT2D eigenvalue weighted by Gasteiger charge is -2.03. The minimum Gasteiger partial charge on any atom is -0.0942 e. The average Bonchev–Trinajstić information content (AvgIpc) is 2.63. The van der Waals surface area contributed by atoms with Crippen molar-refractivity contribution in [2.75, 3.05) is 11.5 Å². The third kappa shape index (κ3) is 24.7. The van der Waals surface area contributed by atoms with Crippen LogP contribution in [-0.4, -0.2) is 11.5 Å². The third-order valence-electron chi connectivity index (χ3n) is 5.00. The molecule has 0 amide bonds. The van der Waals surface area contributed by atoms with Gasteiger partial charge in [0.15, 0.2) is 0 Å². The van der Waals surface area contributed by atoms with Crippen molar-refractivity contribution in [1.29, 1.82) is 0 Å². The summed E-state index contributed by atoms with van der Waals surface area (Å²) >= 11 is 0. The molecule has 0 N–H and O–H groups in total. The molecule has 2 heteroatoms. The Morgan fingerprint density at radius 2 is 0.560 bits per heavy atom. The molecule has 0 aliphatic carbocycles. The molecule has 0 saturated carbocycles. The highest BCUT2D eigenvalue weighted by Gasteiger charge is 1.95. The lowest BCUT2D eigenvalue weighted by atomic mass is 10.1. The topological polar surface area (TPSA) is 0 Å². The van der Waals surface area contributed by atoms with Crippen LogP contribution in [0.2, 0.25) is 0 Å². The van der Waals surface area contributed by atoms with E-state index < -0.39 is 0 Å². The van der Waals surface area contributed by atoms with Gasteiger partial charge in [-0.25, -0.2) is 0 Å². The zero-order valence-corrected chi connectivity index (χ0v) is 19.3. The zero-order chi connectivity index (χ0) is 18.3. The minimum atomic E-state index is 1.37. The predicted octanol–water partition coefficient (Wildman–Crippen LogP) is 9.82. The number of rotatable bonds is 22. The van der Waals surface area contributed by atoms with Crippen LogP contribution in [0.1, 0.15) is 136 Å². The largest absolute Gasteiger partial charge is 0.0942 e. The van der Waals surface area contributed by atoms with Crippen molar-refractivity contribution in [2.24, 2.45) is 0 Å². The van der Waals surface area contributed by atoms with Gasteiger partial charge in [-0.05, 0) is 12.8 Å². The number of hydrogen-bond donors (Lipinski definition) is 0. The average molecular weight is 389 g/mol. The summed E-state index contributed by atoms with van der Waals surface area (Å²) in [6.07, 6.45) is 27.6. The van der Waals surface area contributed by atoms with Crippen LogP contribution in [0.5, 0.6) is 0 Å². The molecule has 0 heterocycles. The van der Waals surface area contributed by atoms with E-state index in [-0.39, 0.29) is 0 Å². The maximum absolute atomic E-state index is 2.30. The lowest BCUT2D eigenvalue weighted by molar-refractivity contribution is 0.563. The van der Waals surface area contributed by atoms with E-state index in [4.69, 9.17) is 0 Å². The standard InChI is InChI=1S/C23H48S2/c1-3-5-7-9-11-13-15-17-19-21-23-25-24-22-20-18-16-14-12-10-8-6-4-2/h3-23H2,1-2H3. The second-order valence-electron chi connectivity index (χ2n) is 7.65. The van der Waals surface area contributed by atoms with Crippen molar-refractivity contribution < 1.29 is 0 Å². The van der Waals surface area contributed by atoms with Gasteiger partial charge in [0.05, 0.1) is 0 Å². The highest BCUT2D eigenvalue weighted by molar-refractivity contribution is 8.76. The van der Waals surface area contributed by atoms with E-state index in [1.165, 1.54) is 134 Å². The lowest BCUT2D eigenvalue weighted by Crippen LogP contribution is -1.84. The second-order valence-corrected chi connectivity index (χ2v) is 10.4. The number of hydrogen-bond acceptors (Lipinski definition) is 2. The third-order valence-corrected chi connectivity index (χ3v) is 7.57. The van der Waals surface area contributed by atoms with Gasteiger partial charge < -0.3 is 0 Å². The van der Waals surface area contributed by atoms with Crippen molar-refractivity contribution in [3.63, 3.8) is 0 Å². The van der Waals surface area contributed by atoms with Crippen LogP contribution in [0.25, 0.3) is 0 Å². The molecule has 0 atom stereocenters. The van der Waals surface area contributed by atoms with E-state index in [1.54, 1.807) is 0 Å². The van der Waals surface area contributed by atoms with Crippen LogP contribution in [-0.2, 0) is 0 Å². The van der Waals surface area contributed by atoms with E-state index in [0.717, 1.165) is 0 Å². The first-order valence-electron chi connectivity index (χ1n) is 11.7. The highest BCUT2D eigenvalue weighted by atomic mass is 33.1. The Balaban J connectivity index is 2.94. The summed E-state index contributed by atoms with van der Waals surface area (Å²) in [4.78, 5) is 0. The molecule has 0 radical (unpaired) electrons. The Morgan fingerprint density at radius 1 is 0.320 bits per heavy atom. The molecule has 0 aliphatic rings. The van der Waals surface area contributed by atoms with Gasteiger partial charge in [0, 0.05) is 11.5 Å². The molecule has 0 aromatic heterocycles. The van der Waals surface area contributed by atoms with E-state index in [1.807, 2.05) is 0 Å². The molecule has 0 aliphatic heterocycles. The Kier molecular flexibility index (Phi) is 25.4. The first-order chi connectivity index (χ1) is 12.4. The molecule has 0 spiro atoms. The van der Waals surface area contributed by atoms with Crippen molar-refractivity contribution in [3.05, 3.63) is 0 Å². The summed E-state index contributed by atoms with van der Waals surface area (Å²) in [5.74, 6) is 2.75. The summed E-state index contributed by atoms with van der Waals surface area (Å²) in [6, 6.07) is 0. The minimum absolute atomic E-state index is 1.37. The van der Waals surface area contributed by atoms with E-state index >= 15 is 0 Å². The van der Waals surface area contributed by atoms with Crippen LogP contribution >= 0.6 is 21.6 Å². The first kappa shape index (κ1) is 25.7. The fraction of sp³-hybridized carbons (Fsp3) is 1.00. The molecule has 0 aromatic carbocycles. The van der Waals surface area contributed by atoms with Crippen molar-refractivity contribution >= 4 is 21.6 Å². The molecule has 0 nitrogen and oxygen atoms in total. The van der Waals surface area contributed by atoms with Gasteiger partial charge >= 0.3 is 0 Å². The summed E-state index contributed by atoms with van der Waals surface area (Å²) in [7, 11) is 4.25. The summed E-state index contributed by atoms with van der Waals surface area (Å²) < 4.78 is 0. The molecule has 0 bridgehead atoms. The molecule has 0 fully saturated rings. The van der Waals surface area contributed by atoms with E-state index in [0.29, 0.717) is 0 Å². The Morgan fingerprint density at radius 3 is 0.840 bits per heavy atom. The molecule has 0 rings (SSSR count). The molecule has 0 aromatic rings. The fourth-order valence-electron chi connectivity index (χ4n) is 3.24. The van der Waals surface area contributed by atoms with Gasteiger partial charge in [-0.1, -0.05) is 145 Å². The Bertz CT molecular complexity index is 196. The molecule has 152 valence electrons. The smallest absolute Gasteiger partial charge is 0.00369 e. The fourth-order valence-corrected chi connectivity index (χ4v) is 5.53. The van der Waals surface area contributed by atoms with Crippen LogP contribution < -0.4 is 0 Å². The van der Waals surface area contributed by atoms with Gasteiger partial charge in [0.25, 0.3) is 0 Å². The van der Waals surface area contributed by atoms with Gasteiger partial charge in [-0.15, -0.1) is 0 Å². The SMILES string of the molecule is CCCCCCCCCCCCSSCCCCCCCCCCC. The predicted molar refractivity (Wildman–Crippen MR) is 124 cm³/mol. The maximum atomic E-state index is 2.30. The Hall–Kier alpha value is 0.700. The summed E-state index contributed by atoms with van der Waals surface area (Å²) in [6.45, 7) is 4.60. The highest BCUT2D eigenvalue weighted by Crippen LogP contribution is 2.25.